The van der Waals surface area contributed by atoms with Gasteiger partial charge in [-0.25, -0.2) is 0 Å². The van der Waals surface area contributed by atoms with Gasteiger partial charge in [0, 0.05) is 27.7 Å². The number of nitrogens with one attached hydrogen (secondary N) is 1. The van der Waals surface area contributed by atoms with Crippen molar-refractivity contribution in [3.8, 4) is 0 Å². The minimum atomic E-state index is -0.0600. The Morgan fingerprint density at radius 3 is 2.27 bits per heavy atom. The van der Waals surface area contributed by atoms with Gasteiger partial charge in [0.05, 0.1) is 4.58 Å². The number of carbonyl (C=O) groups excluding carboxylic acids is 1. The first-order valence-corrected chi connectivity index (χ1v) is 10.4. The predicted molar refractivity (Wildman–Crippen MR) is 100 cm³/mol. The third kappa shape index (κ3) is 3.83. The van der Waals surface area contributed by atoms with Crippen LogP contribution in [0.3, 0.4) is 0 Å². The summed E-state index contributed by atoms with van der Waals surface area (Å²) < 4.78 is 0.524. The first-order chi connectivity index (χ1) is 10.8. The Morgan fingerprint density at radius 2 is 1.68 bits per heavy atom. The van der Waals surface area contributed by atoms with E-state index in [1.165, 1.54) is 22.0 Å². The van der Waals surface area contributed by atoms with Crippen molar-refractivity contribution in [3.63, 3.8) is 0 Å². The Hall–Kier alpha value is -1.04. The van der Waals surface area contributed by atoms with E-state index in [1.807, 2.05) is 66.2 Å². The molecule has 0 aliphatic carbocycles. The second-order valence-electron chi connectivity index (χ2n) is 4.88. The molecule has 1 aliphatic heterocycles. The first-order valence-electron chi connectivity index (χ1n) is 7.05. The largest absolute Gasteiger partial charge is 0.322 e. The molecule has 0 saturated carbocycles. The number of amides is 1. The second kappa shape index (κ2) is 7.49. The third-order valence-corrected chi connectivity index (χ3v) is 7.26. The molecule has 1 amide bonds. The molecule has 1 aliphatic rings. The molecule has 2 aromatic rings. The predicted octanol–water partition coefficient (Wildman–Crippen LogP) is 5.14. The maximum atomic E-state index is 12.3. The molecule has 22 heavy (non-hydrogen) atoms. The molecule has 1 fully saturated rings. The maximum absolute atomic E-state index is 12.3. The Morgan fingerprint density at radius 1 is 1.05 bits per heavy atom. The molecule has 0 unspecified atom stereocenters. The van der Waals surface area contributed by atoms with E-state index in [1.54, 1.807) is 11.8 Å². The maximum Gasteiger partial charge on any atom is 0.255 e. The number of carbonyl (C=O) groups is 1. The van der Waals surface area contributed by atoms with Gasteiger partial charge in [-0.1, -0.05) is 12.1 Å². The molecule has 0 aromatic heterocycles. The Bertz CT molecular complexity index is 634. The van der Waals surface area contributed by atoms with Gasteiger partial charge in [0.2, 0.25) is 0 Å². The van der Waals surface area contributed by atoms with E-state index in [-0.39, 0.29) is 5.91 Å². The third-order valence-electron chi connectivity index (χ3n) is 3.41. The summed E-state index contributed by atoms with van der Waals surface area (Å²) in [5.41, 5.74) is 2.83. The first kappa shape index (κ1) is 15.8. The van der Waals surface area contributed by atoms with Gasteiger partial charge in [0.25, 0.3) is 5.91 Å². The molecule has 114 valence electrons. The molecular weight excluding hydrogens is 330 g/mol. The van der Waals surface area contributed by atoms with Gasteiger partial charge in [-0.3, -0.25) is 4.79 Å². The van der Waals surface area contributed by atoms with Crippen molar-refractivity contribution in [2.24, 2.45) is 0 Å². The number of benzene rings is 2. The summed E-state index contributed by atoms with van der Waals surface area (Å²) in [5, 5.41) is 2.94. The molecule has 0 bridgehead atoms. The van der Waals surface area contributed by atoms with E-state index < -0.39 is 0 Å². The Kier molecular flexibility index (Phi) is 5.39. The van der Waals surface area contributed by atoms with E-state index in [0.717, 1.165) is 5.69 Å². The van der Waals surface area contributed by atoms with E-state index in [4.69, 9.17) is 0 Å². The van der Waals surface area contributed by atoms with Crippen LogP contribution in [-0.4, -0.2) is 23.7 Å². The quantitative estimate of drug-likeness (QED) is 0.776. The fraction of sp³-hybridized carbons (Fsp3) is 0.235. The van der Waals surface area contributed by atoms with Crippen LogP contribution in [0.5, 0.6) is 0 Å². The van der Waals surface area contributed by atoms with Crippen molar-refractivity contribution in [1.82, 2.24) is 0 Å². The lowest BCUT2D eigenvalue weighted by Gasteiger charge is -2.10. The van der Waals surface area contributed by atoms with Gasteiger partial charge in [-0.15, -0.1) is 35.3 Å². The van der Waals surface area contributed by atoms with Crippen LogP contribution in [-0.2, 0) is 0 Å². The summed E-state index contributed by atoms with van der Waals surface area (Å²) in [6.07, 6.45) is 2.04. The Labute approximate surface area is 143 Å². The highest BCUT2D eigenvalue weighted by Gasteiger charge is 2.18. The van der Waals surface area contributed by atoms with Crippen LogP contribution in [0.1, 0.15) is 20.5 Å². The summed E-state index contributed by atoms with van der Waals surface area (Å²) in [6, 6.07) is 15.9. The van der Waals surface area contributed by atoms with Crippen LogP contribution < -0.4 is 5.32 Å². The molecule has 5 heteroatoms. The highest BCUT2D eigenvalue weighted by molar-refractivity contribution is 8.19. The normalized spacial score (nSPS) is 15.0. The summed E-state index contributed by atoms with van der Waals surface area (Å²) >= 11 is 5.64. The lowest BCUT2D eigenvalue weighted by Crippen LogP contribution is -2.11. The average Bonchev–Trinajstić information content (AvgIpc) is 3.10. The summed E-state index contributed by atoms with van der Waals surface area (Å²) in [5.74, 6) is 2.36. The zero-order chi connectivity index (χ0) is 15.4. The minimum Gasteiger partial charge on any atom is -0.322 e. The van der Waals surface area contributed by atoms with Gasteiger partial charge < -0.3 is 5.32 Å². The molecule has 0 atom stereocenters. The number of hydrogen-bond donors (Lipinski definition) is 1. The molecule has 0 radical (unpaired) electrons. The molecule has 0 spiro atoms. The average molecular weight is 348 g/mol. The van der Waals surface area contributed by atoms with E-state index in [0.29, 0.717) is 10.1 Å². The highest BCUT2D eigenvalue weighted by atomic mass is 32.2. The Balaban J connectivity index is 1.66. The van der Waals surface area contributed by atoms with Crippen molar-refractivity contribution < 1.29 is 4.79 Å². The molecule has 2 nitrogen and oxygen atoms in total. The fourth-order valence-electron chi connectivity index (χ4n) is 2.22. The van der Waals surface area contributed by atoms with E-state index in [9.17, 15) is 4.79 Å². The van der Waals surface area contributed by atoms with Crippen LogP contribution in [0.2, 0.25) is 0 Å². The summed E-state index contributed by atoms with van der Waals surface area (Å²) in [4.78, 5) is 13.5. The van der Waals surface area contributed by atoms with Crippen LogP contribution in [0, 0.1) is 0 Å². The number of thioether (sulfide) groups is 3. The standard InChI is InChI=1S/C17H17NOS3/c1-20-15-8-6-14(7-9-15)18-16(19)12-2-4-13(5-3-12)17-21-10-11-22-17/h2-9,17H,10-11H2,1H3,(H,18,19). The minimum absolute atomic E-state index is 0.0600. The highest BCUT2D eigenvalue weighted by Crippen LogP contribution is 2.45. The number of anilines is 1. The van der Waals surface area contributed by atoms with Crippen LogP contribution in [0.15, 0.2) is 53.4 Å². The van der Waals surface area contributed by atoms with Gasteiger partial charge in [-0.2, -0.15) is 0 Å². The van der Waals surface area contributed by atoms with Gasteiger partial charge in [0.15, 0.2) is 0 Å². The van der Waals surface area contributed by atoms with Crippen molar-refractivity contribution in [3.05, 3.63) is 59.7 Å². The molecule has 1 N–H and O–H groups in total. The second-order valence-corrected chi connectivity index (χ2v) is 8.48. The smallest absolute Gasteiger partial charge is 0.255 e. The zero-order valence-electron chi connectivity index (χ0n) is 12.2. The van der Waals surface area contributed by atoms with Crippen molar-refractivity contribution >= 4 is 46.9 Å². The fourth-order valence-corrected chi connectivity index (χ4v) is 5.49. The van der Waals surface area contributed by atoms with E-state index in [2.05, 4.69) is 17.4 Å². The van der Waals surface area contributed by atoms with Gasteiger partial charge in [-0.05, 0) is 48.2 Å². The lowest BCUT2D eigenvalue weighted by atomic mass is 10.1. The topological polar surface area (TPSA) is 29.1 Å². The summed E-state index contributed by atoms with van der Waals surface area (Å²) in [7, 11) is 0. The van der Waals surface area contributed by atoms with Gasteiger partial charge in [0.1, 0.15) is 0 Å². The van der Waals surface area contributed by atoms with Crippen LogP contribution in [0.25, 0.3) is 0 Å². The molecule has 3 rings (SSSR count). The summed E-state index contributed by atoms with van der Waals surface area (Å²) in [6.45, 7) is 0. The molecule has 1 saturated heterocycles. The van der Waals surface area contributed by atoms with Crippen LogP contribution in [0.4, 0.5) is 5.69 Å². The molecular formula is C17H17NOS3. The number of rotatable bonds is 4. The number of hydrogen-bond acceptors (Lipinski definition) is 4. The SMILES string of the molecule is CSc1ccc(NC(=O)c2ccc(C3SCCS3)cc2)cc1. The monoisotopic (exact) mass is 347 g/mol. The lowest BCUT2D eigenvalue weighted by molar-refractivity contribution is 0.102. The van der Waals surface area contributed by atoms with Gasteiger partial charge >= 0.3 is 0 Å². The van der Waals surface area contributed by atoms with E-state index >= 15 is 0 Å². The van der Waals surface area contributed by atoms with Crippen LogP contribution >= 0.6 is 35.3 Å². The molecule has 1 heterocycles. The van der Waals surface area contributed by atoms with Crippen molar-refractivity contribution in [2.45, 2.75) is 9.48 Å². The van der Waals surface area contributed by atoms with Crippen molar-refractivity contribution in [1.29, 1.82) is 0 Å². The molecule has 2 aromatic carbocycles. The zero-order valence-corrected chi connectivity index (χ0v) is 14.7. The van der Waals surface area contributed by atoms with Crippen molar-refractivity contribution in [2.75, 3.05) is 23.1 Å².